The SMILES string of the molecule is COC(=O)c1cccc2c1C(=O)C=C1N(C(=O)OC(C)(C)C)C[C@@H]3C[C@@]123. The van der Waals surface area contributed by atoms with Crippen LogP contribution in [0.25, 0.3) is 0 Å². The van der Waals surface area contributed by atoms with E-state index in [0.29, 0.717) is 17.8 Å². The molecule has 1 aliphatic heterocycles. The number of fused-ring (bicyclic) bond motifs is 1. The zero-order chi connectivity index (χ0) is 18.9. The lowest BCUT2D eigenvalue weighted by Gasteiger charge is -2.31. The van der Waals surface area contributed by atoms with Gasteiger partial charge in [-0.3, -0.25) is 9.69 Å². The smallest absolute Gasteiger partial charge is 0.414 e. The van der Waals surface area contributed by atoms with Gasteiger partial charge in [0.25, 0.3) is 0 Å². The second kappa shape index (κ2) is 5.19. The summed E-state index contributed by atoms with van der Waals surface area (Å²) in [6.07, 6.45) is 1.92. The van der Waals surface area contributed by atoms with Gasteiger partial charge in [-0.05, 0) is 44.7 Å². The van der Waals surface area contributed by atoms with Gasteiger partial charge in [0.05, 0.1) is 12.7 Å². The molecule has 0 N–H and O–H groups in total. The summed E-state index contributed by atoms with van der Waals surface area (Å²) in [7, 11) is 1.30. The van der Waals surface area contributed by atoms with Crippen LogP contribution >= 0.6 is 0 Å². The summed E-state index contributed by atoms with van der Waals surface area (Å²) in [6.45, 7) is 5.97. The molecule has 3 aliphatic rings. The van der Waals surface area contributed by atoms with Gasteiger partial charge in [-0.2, -0.15) is 0 Å². The summed E-state index contributed by atoms with van der Waals surface area (Å²) in [4.78, 5) is 39.1. The topological polar surface area (TPSA) is 72.9 Å². The molecule has 0 bridgehead atoms. The maximum atomic E-state index is 12.8. The third-order valence-electron chi connectivity index (χ3n) is 5.33. The zero-order valence-corrected chi connectivity index (χ0v) is 15.3. The van der Waals surface area contributed by atoms with Crippen LogP contribution in [0, 0.1) is 5.92 Å². The van der Waals surface area contributed by atoms with Gasteiger partial charge in [0, 0.05) is 29.3 Å². The number of allylic oxidation sites excluding steroid dienone is 2. The number of amides is 1. The van der Waals surface area contributed by atoms with E-state index in [-0.39, 0.29) is 22.7 Å². The first-order valence-corrected chi connectivity index (χ1v) is 8.68. The molecule has 1 heterocycles. The van der Waals surface area contributed by atoms with Gasteiger partial charge >= 0.3 is 12.1 Å². The van der Waals surface area contributed by atoms with Gasteiger partial charge in [-0.15, -0.1) is 0 Å². The minimum absolute atomic E-state index is 0.237. The molecule has 1 amide bonds. The number of carbonyl (C=O) groups excluding carboxylic acids is 3. The number of methoxy groups -OCH3 is 1. The van der Waals surface area contributed by atoms with Crippen molar-refractivity contribution in [3.63, 3.8) is 0 Å². The summed E-state index contributed by atoms with van der Waals surface area (Å²) in [5.74, 6) is -0.564. The van der Waals surface area contributed by atoms with E-state index >= 15 is 0 Å². The Morgan fingerprint density at radius 3 is 2.65 bits per heavy atom. The first-order chi connectivity index (χ1) is 12.2. The molecule has 6 nitrogen and oxygen atoms in total. The molecule has 0 radical (unpaired) electrons. The molecule has 0 aromatic heterocycles. The summed E-state index contributed by atoms with van der Waals surface area (Å²) >= 11 is 0. The Balaban J connectivity index is 1.78. The van der Waals surface area contributed by atoms with Gasteiger partial charge < -0.3 is 9.47 Å². The first-order valence-electron chi connectivity index (χ1n) is 8.68. The average molecular weight is 355 g/mol. The fraction of sp³-hybridized carbons (Fsp3) is 0.450. The number of ether oxygens (including phenoxy) is 2. The number of nitrogens with zero attached hydrogens (tertiary/aromatic N) is 1. The van der Waals surface area contributed by atoms with Crippen molar-refractivity contribution >= 4 is 17.8 Å². The van der Waals surface area contributed by atoms with Gasteiger partial charge in [0.2, 0.25) is 0 Å². The molecule has 136 valence electrons. The van der Waals surface area contributed by atoms with Gasteiger partial charge in [-0.1, -0.05) is 12.1 Å². The van der Waals surface area contributed by atoms with Crippen molar-refractivity contribution in [3.8, 4) is 0 Å². The summed E-state index contributed by atoms with van der Waals surface area (Å²) in [6, 6.07) is 5.25. The molecule has 2 atom stereocenters. The molecule has 0 unspecified atom stereocenters. The van der Waals surface area contributed by atoms with E-state index in [1.807, 2.05) is 26.8 Å². The Labute approximate surface area is 151 Å². The Hall–Kier alpha value is -2.63. The quantitative estimate of drug-likeness (QED) is 0.724. The van der Waals surface area contributed by atoms with E-state index in [1.165, 1.54) is 13.2 Å². The monoisotopic (exact) mass is 355 g/mol. The lowest BCUT2D eigenvalue weighted by atomic mass is 9.79. The van der Waals surface area contributed by atoms with Crippen LogP contribution in [-0.2, 0) is 14.9 Å². The predicted octanol–water partition coefficient (Wildman–Crippen LogP) is 3.06. The highest BCUT2D eigenvalue weighted by Gasteiger charge is 2.68. The molecule has 1 spiro atoms. The standard InChI is InChI=1S/C20H21NO5/c1-19(2,3)26-18(24)21-10-11-9-20(11)13-7-5-6-12(17(23)25-4)16(13)14(22)8-15(20)21/h5-8,11H,9-10H2,1-4H3/t11-,20-/m0/s1. The number of rotatable bonds is 1. The number of likely N-dealkylation sites (tertiary alicyclic amines) is 1. The Morgan fingerprint density at radius 2 is 2.00 bits per heavy atom. The van der Waals surface area contributed by atoms with Gasteiger partial charge in [0.15, 0.2) is 5.78 Å². The second-order valence-corrected chi connectivity index (χ2v) is 8.08. The highest BCUT2D eigenvalue weighted by molar-refractivity contribution is 6.15. The highest BCUT2D eigenvalue weighted by atomic mass is 16.6. The van der Waals surface area contributed by atoms with Crippen LogP contribution < -0.4 is 0 Å². The van der Waals surface area contributed by atoms with Crippen molar-refractivity contribution in [1.29, 1.82) is 0 Å². The van der Waals surface area contributed by atoms with E-state index in [9.17, 15) is 14.4 Å². The van der Waals surface area contributed by atoms with Crippen molar-refractivity contribution < 1.29 is 23.9 Å². The first kappa shape index (κ1) is 16.8. The molecule has 26 heavy (non-hydrogen) atoms. The van der Waals surface area contributed by atoms with Crippen LogP contribution in [0.15, 0.2) is 30.0 Å². The van der Waals surface area contributed by atoms with E-state index in [4.69, 9.17) is 9.47 Å². The minimum Gasteiger partial charge on any atom is -0.465 e. The summed E-state index contributed by atoms with van der Waals surface area (Å²) in [5.41, 5.74) is 1.21. The molecule has 6 heteroatoms. The normalized spacial score (nSPS) is 25.7. The molecule has 2 aliphatic carbocycles. The number of piperidine rings is 1. The van der Waals surface area contributed by atoms with Crippen LogP contribution in [0.5, 0.6) is 0 Å². The maximum absolute atomic E-state index is 12.8. The summed E-state index contributed by atoms with van der Waals surface area (Å²) in [5, 5.41) is 0. The van der Waals surface area contributed by atoms with Crippen LogP contribution in [0.2, 0.25) is 0 Å². The zero-order valence-electron chi connectivity index (χ0n) is 15.3. The number of ketones is 1. The van der Waals surface area contributed by atoms with Crippen LogP contribution in [0.3, 0.4) is 0 Å². The number of hydrogen-bond donors (Lipinski definition) is 0. The molecule has 1 aromatic carbocycles. The van der Waals surface area contributed by atoms with E-state index in [1.54, 1.807) is 17.0 Å². The molecule has 4 rings (SSSR count). The van der Waals surface area contributed by atoms with Crippen molar-refractivity contribution in [2.75, 3.05) is 13.7 Å². The molecule has 2 fully saturated rings. The fourth-order valence-corrected chi connectivity index (χ4v) is 4.25. The largest absolute Gasteiger partial charge is 0.465 e. The van der Waals surface area contributed by atoms with Crippen molar-refractivity contribution in [3.05, 3.63) is 46.7 Å². The lowest BCUT2D eigenvalue weighted by molar-refractivity contribution is 0.0321. The molecule has 1 aromatic rings. The average Bonchev–Trinajstić information content (AvgIpc) is 3.20. The predicted molar refractivity (Wildman–Crippen MR) is 92.9 cm³/mol. The van der Waals surface area contributed by atoms with Gasteiger partial charge in [0.1, 0.15) is 5.60 Å². The Kier molecular flexibility index (Phi) is 3.36. The number of benzene rings is 1. The molecule has 1 saturated heterocycles. The Bertz CT molecular complexity index is 879. The molecular weight excluding hydrogens is 334 g/mol. The minimum atomic E-state index is -0.605. The van der Waals surface area contributed by atoms with Crippen molar-refractivity contribution in [2.24, 2.45) is 5.92 Å². The Morgan fingerprint density at radius 1 is 1.27 bits per heavy atom. The highest BCUT2D eigenvalue weighted by Crippen LogP contribution is 2.66. The number of hydrogen-bond acceptors (Lipinski definition) is 5. The van der Waals surface area contributed by atoms with E-state index in [2.05, 4.69) is 0 Å². The van der Waals surface area contributed by atoms with Gasteiger partial charge in [-0.25, -0.2) is 9.59 Å². The van der Waals surface area contributed by atoms with E-state index in [0.717, 1.165) is 12.0 Å². The third-order valence-corrected chi connectivity index (χ3v) is 5.33. The van der Waals surface area contributed by atoms with Crippen LogP contribution in [0.1, 0.15) is 53.5 Å². The second-order valence-electron chi connectivity index (χ2n) is 8.08. The van der Waals surface area contributed by atoms with Crippen molar-refractivity contribution in [1.82, 2.24) is 4.90 Å². The summed E-state index contributed by atoms with van der Waals surface area (Å²) < 4.78 is 10.3. The lowest BCUT2D eigenvalue weighted by Crippen LogP contribution is -2.38. The number of carbonyl (C=O) groups is 3. The van der Waals surface area contributed by atoms with E-state index < -0.39 is 17.7 Å². The fourth-order valence-electron chi connectivity index (χ4n) is 4.25. The number of esters is 1. The van der Waals surface area contributed by atoms with Crippen molar-refractivity contribution in [2.45, 2.75) is 38.2 Å². The maximum Gasteiger partial charge on any atom is 0.414 e. The third kappa shape index (κ3) is 2.21. The molecule has 1 saturated carbocycles. The molecular formula is C20H21NO5. The van der Waals surface area contributed by atoms with Crippen LogP contribution in [-0.4, -0.2) is 42.0 Å². The van der Waals surface area contributed by atoms with Crippen LogP contribution in [0.4, 0.5) is 4.79 Å².